The van der Waals surface area contributed by atoms with E-state index in [4.69, 9.17) is 0 Å². The molecule has 0 unspecified atom stereocenters. The minimum atomic E-state index is -0.516. The van der Waals surface area contributed by atoms with Crippen molar-refractivity contribution in [2.45, 2.75) is 51.8 Å². The standard InChI is InChI=1S/C22H24N4O/c1-15-10-11-21-18(12-15)17-6-2-4-8-20(17)25(21)13-16(27)14-26-22-9-5-3-7-19(22)23-24-26/h3,5,7,9-12,16,27H,2,4,6,8,13-14H2,1H3/t16-/m0/s1. The van der Waals surface area contributed by atoms with Gasteiger partial charge in [0.25, 0.3) is 0 Å². The average molecular weight is 360 g/mol. The minimum absolute atomic E-state index is 0.445. The first-order valence-corrected chi connectivity index (χ1v) is 9.77. The van der Waals surface area contributed by atoms with Crippen molar-refractivity contribution in [3.8, 4) is 0 Å². The van der Waals surface area contributed by atoms with E-state index >= 15 is 0 Å². The van der Waals surface area contributed by atoms with Crippen molar-refractivity contribution >= 4 is 21.9 Å². The van der Waals surface area contributed by atoms with Crippen LogP contribution in [-0.2, 0) is 25.9 Å². The summed E-state index contributed by atoms with van der Waals surface area (Å²) in [7, 11) is 0. The van der Waals surface area contributed by atoms with Crippen molar-refractivity contribution < 1.29 is 5.11 Å². The van der Waals surface area contributed by atoms with Crippen molar-refractivity contribution in [1.29, 1.82) is 0 Å². The lowest BCUT2D eigenvalue weighted by Gasteiger charge is -2.19. The zero-order valence-electron chi connectivity index (χ0n) is 15.6. The minimum Gasteiger partial charge on any atom is -0.389 e. The Morgan fingerprint density at radius 3 is 2.81 bits per heavy atom. The average Bonchev–Trinajstić information content (AvgIpc) is 3.22. The molecule has 2 aromatic heterocycles. The van der Waals surface area contributed by atoms with Gasteiger partial charge in [-0.1, -0.05) is 29.0 Å². The lowest BCUT2D eigenvalue weighted by Crippen LogP contribution is -2.24. The number of rotatable bonds is 4. The molecule has 0 bridgehead atoms. The summed E-state index contributed by atoms with van der Waals surface area (Å²) in [5, 5.41) is 20.6. The fourth-order valence-corrected chi connectivity index (χ4v) is 4.48. The van der Waals surface area contributed by atoms with E-state index in [0.717, 1.165) is 23.9 Å². The van der Waals surface area contributed by atoms with E-state index in [-0.39, 0.29) is 0 Å². The maximum Gasteiger partial charge on any atom is 0.113 e. The van der Waals surface area contributed by atoms with Crippen LogP contribution in [0.15, 0.2) is 42.5 Å². The van der Waals surface area contributed by atoms with Crippen molar-refractivity contribution in [2.75, 3.05) is 0 Å². The SMILES string of the molecule is Cc1ccc2c(c1)c1c(n2C[C@H](O)Cn2nnc3ccccc32)CCCC1. The number of hydrogen-bond acceptors (Lipinski definition) is 3. The van der Waals surface area contributed by atoms with Gasteiger partial charge in [-0.05, 0) is 62.4 Å². The van der Waals surface area contributed by atoms with E-state index in [9.17, 15) is 5.11 Å². The Kier molecular flexibility index (Phi) is 3.97. The summed E-state index contributed by atoms with van der Waals surface area (Å²) in [6.45, 7) is 3.18. The summed E-state index contributed by atoms with van der Waals surface area (Å²) in [4.78, 5) is 0. The van der Waals surface area contributed by atoms with Gasteiger partial charge in [-0.25, -0.2) is 4.68 Å². The molecule has 0 saturated carbocycles. The van der Waals surface area contributed by atoms with Gasteiger partial charge in [0.05, 0.1) is 24.7 Å². The van der Waals surface area contributed by atoms with Crippen LogP contribution in [0.3, 0.4) is 0 Å². The predicted octanol–water partition coefficient (Wildman–Crippen LogP) is 3.63. The molecule has 5 nitrogen and oxygen atoms in total. The third kappa shape index (κ3) is 2.82. The van der Waals surface area contributed by atoms with Crippen LogP contribution in [0.5, 0.6) is 0 Å². The summed E-state index contributed by atoms with van der Waals surface area (Å²) >= 11 is 0. The first-order chi connectivity index (χ1) is 13.2. The van der Waals surface area contributed by atoms with Crippen LogP contribution >= 0.6 is 0 Å². The zero-order valence-corrected chi connectivity index (χ0v) is 15.6. The monoisotopic (exact) mass is 360 g/mol. The van der Waals surface area contributed by atoms with E-state index < -0.39 is 6.10 Å². The molecule has 2 heterocycles. The van der Waals surface area contributed by atoms with Gasteiger partial charge in [-0.15, -0.1) is 5.10 Å². The number of benzene rings is 2. The molecule has 0 radical (unpaired) electrons. The third-order valence-electron chi connectivity index (χ3n) is 5.73. The highest BCUT2D eigenvalue weighted by molar-refractivity contribution is 5.86. The first-order valence-electron chi connectivity index (χ1n) is 9.77. The van der Waals surface area contributed by atoms with Crippen molar-refractivity contribution in [2.24, 2.45) is 0 Å². The maximum atomic E-state index is 10.9. The van der Waals surface area contributed by atoms with Crippen LogP contribution in [0, 0.1) is 6.92 Å². The summed E-state index contributed by atoms with van der Waals surface area (Å²) in [6, 6.07) is 14.6. The lowest BCUT2D eigenvalue weighted by molar-refractivity contribution is 0.131. The second-order valence-corrected chi connectivity index (χ2v) is 7.68. The highest BCUT2D eigenvalue weighted by Crippen LogP contribution is 2.33. The van der Waals surface area contributed by atoms with Crippen molar-refractivity contribution in [1.82, 2.24) is 19.6 Å². The van der Waals surface area contributed by atoms with E-state index in [1.165, 1.54) is 40.6 Å². The summed E-state index contributed by atoms with van der Waals surface area (Å²) in [5.74, 6) is 0. The van der Waals surface area contributed by atoms with E-state index in [2.05, 4.69) is 40.0 Å². The molecule has 1 N–H and O–H groups in total. The van der Waals surface area contributed by atoms with Crippen LogP contribution in [0.1, 0.15) is 29.7 Å². The number of hydrogen-bond donors (Lipinski definition) is 1. The Morgan fingerprint density at radius 2 is 1.89 bits per heavy atom. The molecule has 138 valence electrons. The second kappa shape index (κ2) is 6.50. The van der Waals surface area contributed by atoms with Crippen molar-refractivity contribution in [3.05, 3.63) is 59.3 Å². The molecule has 0 spiro atoms. The van der Waals surface area contributed by atoms with Crippen LogP contribution < -0.4 is 0 Å². The Bertz CT molecular complexity index is 1120. The fourth-order valence-electron chi connectivity index (χ4n) is 4.48. The largest absolute Gasteiger partial charge is 0.389 e. The number of para-hydroxylation sites is 1. The van der Waals surface area contributed by atoms with Crippen LogP contribution in [-0.4, -0.2) is 30.8 Å². The Morgan fingerprint density at radius 1 is 1.04 bits per heavy atom. The van der Waals surface area contributed by atoms with Crippen LogP contribution in [0.4, 0.5) is 0 Å². The molecule has 1 aliphatic carbocycles. The zero-order chi connectivity index (χ0) is 18.4. The summed E-state index contributed by atoms with van der Waals surface area (Å²) in [6.07, 6.45) is 4.21. The van der Waals surface area contributed by atoms with Gasteiger partial charge in [0.2, 0.25) is 0 Å². The first kappa shape index (κ1) is 16.5. The summed E-state index contributed by atoms with van der Waals surface area (Å²) < 4.78 is 4.15. The molecule has 0 amide bonds. The van der Waals surface area contributed by atoms with Gasteiger partial charge in [0.1, 0.15) is 5.52 Å². The molecule has 5 rings (SSSR count). The molecule has 1 atom stereocenters. The molecular formula is C22H24N4O. The van der Waals surface area contributed by atoms with Gasteiger partial charge in [-0.2, -0.15) is 0 Å². The fraction of sp³-hybridized carbons (Fsp3) is 0.364. The number of aliphatic hydroxyl groups is 1. The molecule has 27 heavy (non-hydrogen) atoms. The molecule has 0 aliphatic heterocycles. The van der Waals surface area contributed by atoms with Crippen molar-refractivity contribution in [3.63, 3.8) is 0 Å². The van der Waals surface area contributed by atoms with Crippen LogP contribution in [0.2, 0.25) is 0 Å². The number of nitrogens with zero attached hydrogens (tertiary/aromatic N) is 4. The van der Waals surface area contributed by atoms with Gasteiger partial charge >= 0.3 is 0 Å². The molecular weight excluding hydrogens is 336 g/mol. The molecule has 5 heteroatoms. The number of aromatic nitrogens is 4. The highest BCUT2D eigenvalue weighted by Gasteiger charge is 2.22. The van der Waals surface area contributed by atoms with E-state index in [1.54, 1.807) is 0 Å². The van der Waals surface area contributed by atoms with Gasteiger partial charge in [0.15, 0.2) is 0 Å². The number of aliphatic hydroxyl groups excluding tert-OH is 1. The number of aryl methyl sites for hydroxylation is 2. The normalized spacial score (nSPS) is 15.3. The van der Waals surface area contributed by atoms with Crippen LogP contribution in [0.25, 0.3) is 21.9 Å². The maximum absolute atomic E-state index is 10.9. The molecule has 0 fully saturated rings. The van der Waals surface area contributed by atoms with Gasteiger partial charge < -0.3 is 9.67 Å². The Balaban J connectivity index is 1.49. The predicted molar refractivity (Wildman–Crippen MR) is 107 cm³/mol. The summed E-state index contributed by atoms with van der Waals surface area (Å²) in [5.41, 5.74) is 7.26. The lowest BCUT2D eigenvalue weighted by atomic mass is 9.95. The van der Waals surface area contributed by atoms with E-state index in [0.29, 0.717) is 13.1 Å². The Hall–Kier alpha value is -2.66. The smallest absolute Gasteiger partial charge is 0.113 e. The van der Waals surface area contributed by atoms with Gasteiger partial charge in [0, 0.05) is 16.6 Å². The molecule has 2 aromatic carbocycles. The van der Waals surface area contributed by atoms with Gasteiger partial charge in [-0.3, -0.25) is 0 Å². The number of fused-ring (bicyclic) bond motifs is 4. The quantitative estimate of drug-likeness (QED) is 0.605. The molecule has 1 aliphatic rings. The molecule has 4 aromatic rings. The Labute approximate surface area is 158 Å². The topological polar surface area (TPSA) is 55.9 Å². The molecule has 0 saturated heterocycles. The second-order valence-electron chi connectivity index (χ2n) is 7.68. The van der Waals surface area contributed by atoms with E-state index in [1.807, 2.05) is 28.9 Å². The highest BCUT2D eigenvalue weighted by atomic mass is 16.3. The third-order valence-corrected chi connectivity index (χ3v) is 5.73.